The first-order valence-corrected chi connectivity index (χ1v) is 18.4. The highest BCUT2D eigenvalue weighted by molar-refractivity contribution is 6.62. The Morgan fingerprint density at radius 3 is 1.77 bits per heavy atom. The summed E-state index contributed by atoms with van der Waals surface area (Å²) in [6, 6.07) is 62.9. The Morgan fingerprint density at radius 2 is 1.06 bits per heavy atom. The molecule has 0 radical (unpaired) electrons. The predicted octanol–water partition coefficient (Wildman–Crippen LogP) is 11.9. The summed E-state index contributed by atoms with van der Waals surface area (Å²) in [6.45, 7) is 8.45. The van der Waals surface area contributed by atoms with Crippen LogP contribution in [-0.2, 0) is 9.31 Å². The molecule has 5 heteroatoms. The van der Waals surface area contributed by atoms with E-state index in [1.54, 1.807) is 0 Å². The quantitative estimate of drug-likeness (QED) is 0.156. The van der Waals surface area contributed by atoms with Gasteiger partial charge in [-0.2, -0.15) is 0 Å². The van der Waals surface area contributed by atoms with Gasteiger partial charge in [0.15, 0.2) is 0 Å². The highest BCUT2D eigenvalue weighted by atomic mass is 16.7. The zero-order chi connectivity index (χ0) is 36.2. The van der Waals surface area contributed by atoms with Crippen LogP contribution in [0.25, 0.3) is 49.7 Å². The minimum atomic E-state index is -0.541. The van der Waals surface area contributed by atoms with Gasteiger partial charge in [0, 0.05) is 27.7 Å². The Morgan fingerprint density at radius 1 is 0.491 bits per heavy atom. The smallest absolute Gasteiger partial charge is 0.399 e. The second-order valence-corrected chi connectivity index (χ2v) is 14.8. The van der Waals surface area contributed by atoms with Gasteiger partial charge < -0.3 is 18.8 Å². The fourth-order valence-corrected chi connectivity index (χ4v) is 7.64. The van der Waals surface area contributed by atoms with Crippen LogP contribution in [0, 0.1) is 0 Å². The lowest BCUT2D eigenvalue weighted by atomic mass is 9.77. The van der Waals surface area contributed by atoms with Crippen molar-refractivity contribution >= 4 is 51.4 Å². The lowest BCUT2D eigenvalue weighted by molar-refractivity contribution is 0.00578. The second-order valence-electron chi connectivity index (χ2n) is 14.8. The van der Waals surface area contributed by atoms with Crippen molar-refractivity contribution in [3.05, 3.63) is 176 Å². The fraction of sp³-hybridized carbons (Fsp3) is 0.125. The highest BCUT2D eigenvalue weighted by Crippen LogP contribution is 2.47. The van der Waals surface area contributed by atoms with Gasteiger partial charge in [0.2, 0.25) is 0 Å². The Labute approximate surface area is 312 Å². The van der Waals surface area contributed by atoms with Crippen LogP contribution >= 0.6 is 0 Å². The van der Waals surface area contributed by atoms with Gasteiger partial charge in [0.05, 0.1) is 33.6 Å². The van der Waals surface area contributed by atoms with Crippen LogP contribution in [0.4, 0.5) is 17.1 Å². The summed E-state index contributed by atoms with van der Waals surface area (Å²) in [7, 11) is -0.541. The molecule has 7 aromatic carbocycles. The van der Waals surface area contributed by atoms with Crippen molar-refractivity contribution < 1.29 is 9.31 Å². The molecule has 2 heterocycles. The molecule has 0 aliphatic carbocycles. The molecule has 0 saturated carbocycles. The van der Waals surface area contributed by atoms with E-state index in [2.05, 4.69) is 213 Å². The summed E-state index contributed by atoms with van der Waals surface area (Å²) in [5, 5.41) is 2.40. The van der Waals surface area contributed by atoms with E-state index in [0.29, 0.717) is 0 Å². The van der Waals surface area contributed by atoms with Gasteiger partial charge in [-0.25, -0.2) is 0 Å². The van der Waals surface area contributed by atoms with Crippen LogP contribution in [0.3, 0.4) is 0 Å². The lowest BCUT2D eigenvalue weighted by Gasteiger charge is -2.32. The zero-order valence-electron chi connectivity index (χ0n) is 30.5. The van der Waals surface area contributed by atoms with Gasteiger partial charge in [0.25, 0.3) is 0 Å². The molecule has 1 saturated heterocycles. The number of benzene rings is 7. The van der Waals surface area contributed by atoms with Crippen LogP contribution in [0.1, 0.15) is 27.7 Å². The van der Waals surface area contributed by atoms with Crippen LogP contribution in [0.2, 0.25) is 0 Å². The third-order valence-corrected chi connectivity index (χ3v) is 11.0. The van der Waals surface area contributed by atoms with E-state index in [1.165, 1.54) is 10.8 Å². The monoisotopic (exact) mass is 688 g/mol. The molecule has 1 aromatic heterocycles. The number of nitrogens with zero attached hydrogens (tertiary/aromatic N) is 2. The van der Waals surface area contributed by atoms with Gasteiger partial charge in [0.1, 0.15) is 0 Å². The van der Waals surface area contributed by atoms with Gasteiger partial charge >= 0.3 is 7.12 Å². The van der Waals surface area contributed by atoms with Crippen molar-refractivity contribution in [2.24, 2.45) is 0 Å². The Hall–Kier alpha value is -5.88. The Balaban J connectivity index is 1.38. The molecule has 0 unspecified atom stereocenters. The molecular weight excluding hydrogens is 647 g/mol. The summed E-state index contributed by atoms with van der Waals surface area (Å²) < 4.78 is 15.9. The summed E-state index contributed by atoms with van der Waals surface area (Å²) >= 11 is 0. The maximum Gasteiger partial charge on any atom is 0.494 e. The van der Waals surface area contributed by atoms with E-state index in [1.807, 2.05) is 0 Å². The number of para-hydroxylation sites is 4. The average molecular weight is 689 g/mol. The molecule has 0 bridgehead atoms. The van der Waals surface area contributed by atoms with Crippen LogP contribution in [0.15, 0.2) is 176 Å². The van der Waals surface area contributed by atoms with Crippen LogP contribution in [-0.4, -0.2) is 22.9 Å². The van der Waals surface area contributed by atoms with E-state index in [0.717, 1.165) is 61.5 Å². The predicted molar refractivity (Wildman–Crippen MR) is 222 cm³/mol. The topological polar surface area (TPSA) is 26.6 Å². The first-order valence-electron chi connectivity index (χ1n) is 18.4. The molecule has 0 atom stereocenters. The molecule has 0 spiro atoms. The highest BCUT2D eigenvalue weighted by Gasteiger charge is 2.52. The van der Waals surface area contributed by atoms with Crippen molar-refractivity contribution in [3.8, 4) is 27.9 Å². The number of hydrogen-bond donors (Lipinski definition) is 0. The Kier molecular flexibility index (Phi) is 8.07. The summed E-state index contributed by atoms with van der Waals surface area (Å²) in [5.74, 6) is 0. The molecule has 258 valence electrons. The molecule has 53 heavy (non-hydrogen) atoms. The maximum absolute atomic E-state index is 6.72. The van der Waals surface area contributed by atoms with E-state index in [-0.39, 0.29) is 0 Å². The van der Waals surface area contributed by atoms with Crippen molar-refractivity contribution in [1.82, 2.24) is 4.57 Å². The van der Waals surface area contributed by atoms with Crippen LogP contribution < -0.4 is 10.4 Å². The molecule has 0 N–H and O–H groups in total. The molecule has 8 aromatic rings. The molecule has 9 rings (SSSR count). The third kappa shape index (κ3) is 5.74. The van der Waals surface area contributed by atoms with E-state index >= 15 is 0 Å². The number of rotatable bonds is 7. The fourth-order valence-electron chi connectivity index (χ4n) is 7.64. The van der Waals surface area contributed by atoms with E-state index < -0.39 is 18.3 Å². The van der Waals surface area contributed by atoms with Gasteiger partial charge in [-0.15, -0.1) is 0 Å². The number of fused-ring (bicyclic) bond motifs is 3. The minimum absolute atomic E-state index is 0.484. The standard InChI is InChI=1S/C48H41BN2O2/c1-47(2)48(3,4)53-49(52-47)37-31-36(34-19-8-5-9-20-34)32-39(33-37)50(43-28-16-14-25-40(43)35-21-10-6-11-22-35)45-30-18-27-42-41-26-15-17-29-44(41)51(46(42)45)38-23-12-7-13-24-38/h5-33H,1-4H3. The van der Waals surface area contributed by atoms with Crippen LogP contribution in [0.5, 0.6) is 0 Å². The van der Waals surface area contributed by atoms with Crippen molar-refractivity contribution in [2.75, 3.05) is 4.90 Å². The van der Waals surface area contributed by atoms with Crippen molar-refractivity contribution in [1.29, 1.82) is 0 Å². The first-order chi connectivity index (χ1) is 25.8. The summed E-state index contributed by atoms with van der Waals surface area (Å²) in [6.07, 6.45) is 0. The lowest BCUT2D eigenvalue weighted by Crippen LogP contribution is -2.41. The zero-order valence-corrected chi connectivity index (χ0v) is 30.5. The largest absolute Gasteiger partial charge is 0.494 e. The van der Waals surface area contributed by atoms with Crippen molar-refractivity contribution in [2.45, 2.75) is 38.9 Å². The second kappa shape index (κ2) is 13.0. The molecule has 4 nitrogen and oxygen atoms in total. The number of anilines is 3. The average Bonchev–Trinajstić information content (AvgIpc) is 3.65. The third-order valence-electron chi connectivity index (χ3n) is 11.0. The van der Waals surface area contributed by atoms with Gasteiger partial charge in [-0.3, -0.25) is 0 Å². The molecule has 1 fully saturated rings. The molecule has 1 aliphatic heterocycles. The van der Waals surface area contributed by atoms with E-state index in [9.17, 15) is 0 Å². The summed E-state index contributed by atoms with van der Waals surface area (Å²) in [5.41, 5.74) is 11.0. The number of aromatic nitrogens is 1. The van der Waals surface area contributed by atoms with E-state index in [4.69, 9.17) is 9.31 Å². The normalized spacial score (nSPS) is 14.9. The SMILES string of the molecule is CC1(C)OB(c2cc(-c3ccccc3)cc(N(c3ccccc3-c3ccccc3)c3cccc4c5ccccc5n(-c5ccccc5)c34)c2)OC1(C)C. The molecular formula is C48H41BN2O2. The molecule has 0 amide bonds. The summed E-state index contributed by atoms with van der Waals surface area (Å²) in [4.78, 5) is 2.43. The van der Waals surface area contributed by atoms with Gasteiger partial charge in [-0.05, 0) is 92.3 Å². The minimum Gasteiger partial charge on any atom is -0.399 e. The van der Waals surface area contributed by atoms with Crippen molar-refractivity contribution in [3.63, 3.8) is 0 Å². The molecule has 1 aliphatic rings. The number of hydrogen-bond acceptors (Lipinski definition) is 3. The Bertz CT molecular complexity index is 2560. The van der Waals surface area contributed by atoms with Gasteiger partial charge in [-0.1, -0.05) is 133 Å². The first kappa shape index (κ1) is 33.0. The maximum atomic E-state index is 6.72.